The van der Waals surface area contributed by atoms with E-state index in [1.54, 1.807) is 13.2 Å². The number of methoxy groups -OCH3 is 1. The van der Waals surface area contributed by atoms with Gasteiger partial charge < -0.3 is 19.7 Å². The molecule has 1 atom stereocenters. The van der Waals surface area contributed by atoms with Crippen LogP contribution < -0.4 is 14.8 Å². The first-order valence-electron chi connectivity index (χ1n) is 11.5. The predicted molar refractivity (Wildman–Crippen MR) is 123 cm³/mol. The van der Waals surface area contributed by atoms with Crippen LogP contribution in [-0.2, 0) is 0 Å². The minimum atomic E-state index is -0.0302. The zero-order valence-corrected chi connectivity index (χ0v) is 18.7. The van der Waals surface area contributed by atoms with Gasteiger partial charge in [-0.15, -0.1) is 0 Å². The number of amides is 1. The molecule has 0 spiro atoms. The number of hydrogen-bond acceptors (Lipinski definition) is 4. The van der Waals surface area contributed by atoms with Crippen molar-refractivity contribution < 1.29 is 14.3 Å². The predicted octanol–water partition coefficient (Wildman–Crippen LogP) is 4.62. The summed E-state index contributed by atoms with van der Waals surface area (Å²) in [5, 5.41) is 3.04. The van der Waals surface area contributed by atoms with E-state index in [1.807, 2.05) is 12.1 Å². The van der Waals surface area contributed by atoms with Gasteiger partial charge in [-0.1, -0.05) is 37.3 Å². The fourth-order valence-corrected chi connectivity index (χ4v) is 4.16. The number of ether oxygens (including phenoxy) is 2. The molecule has 5 nitrogen and oxygen atoms in total. The molecule has 1 saturated carbocycles. The van der Waals surface area contributed by atoms with Crippen molar-refractivity contribution in [2.24, 2.45) is 0 Å². The monoisotopic (exact) mass is 422 g/mol. The second-order valence-corrected chi connectivity index (χ2v) is 8.87. The van der Waals surface area contributed by atoms with E-state index in [1.165, 1.54) is 12.0 Å². The Morgan fingerprint density at radius 2 is 1.81 bits per heavy atom. The van der Waals surface area contributed by atoms with Crippen molar-refractivity contribution in [3.8, 4) is 11.5 Å². The number of carbonyl (C=O) groups excluding carboxylic acids is 1. The number of likely N-dealkylation sites (tertiary alicyclic amines) is 1. The number of hydrogen-bond donors (Lipinski definition) is 1. The summed E-state index contributed by atoms with van der Waals surface area (Å²) in [6.45, 7) is 5.50. The van der Waals surface area contributed by atoms with Crippen LogP contribution >= 0.6 is 0 Å². The Labute approximate surface area is 185 Å². The smallest absolute Gasteiger partial charge is 0.251 e. The van der Waals surface area contributed by atoms with E-state index < -0.39 is 0 Å². The van der Waals surface area contributed by atoms with Crippen LogP contribution in [-0.4, -0.2) is 49.7 Å². The molecular weight excluding hydrogens is 388 g/mol. The van der Waals surface area contributed by atoms with Gasteiger partial charge in [-0.3, -0.25) is 4.79 Å². The first-order chi connectivity index (χ1) is 15.1. The Hall–Kier alpha value is -2.53. The average Bonchev–Trinajstić information content (AvgIpc) is 3.63. The van der Waals surface area contributed by atoms with Gasteiger partial charge in [0.1, 0.15) is 6.10 Å². The normalized spacial score (nSPS) is 18.4. The molecule has 166 valence electrons. The van der Waals surface area contributed by atoms with Crippen molar-refractivity contribution in [2.45, 2.75) is 57.1 Å². The van der Waals surface area contributed by atoms with Crippen molar-refractivity contribution in [1.29, 1.82) is 0 Å². The Balaban J connectivity index is 1.27. The molecule has 1 unspecified atom stereocenters. The van der Waals surface area contributed by atoms with Gasteiger partial charge in [0.2, 0.25) is 0 Å². The van der Waals surface area contributed by atoms with E-state index in [9.17, 15) is 4.79 Å². The summed E-state index contributed by atoms with van der Waals surface area (Å²) in [5.41, 5.74) is 2.05. The van der Waals surface area contributed by atoms with Crippen LogP contribution in [0.5, 0.6) is 11.5 Å². The van der Waals surface area contributed by atoms with Crippen LogP contribution in [0.4, 0.5) is 0 Å². The maximum atomic E-state index is 12.4. The standard InChI is InChI=1S/C26H34N2O3/c1-19(20-6-4-3-5-7-20)12-15-28-16-13-23(14-17-28)31-25-18-21(8-11-24(25)30-2)26(29)27-22-9-10-22/h3-8,11,18-19,22-23H,9-10,12-17H2,1-2H3,(H,27,29). The maximum Gasteiger partial charge on any atom is 0.251 e. The zero-order valence-electron chi connectivity index (χ0n) is 18.7. The molecule has 0 aromatic heterocycles. The summed E-state index contributed by atoms with van der Waals surface area (Å²) in [6, 6.07) is 16.6. The molecule has 1 saturated heterocycles. The number of nitrogens with one attached hydrogen (secondary N) is 1. The number of piperidine rings is 1. The van der Waals surface area contributed by atoms with Gasteiger partial charge in [0.25, 0.3) is 5.91 Å². The fraction of sp³-hybridized carbons (Fsp3) is 0.500. The molecule has 2 aromatic rings. The van der Waals surface area contributed by atoms with Crippen molar-refractivity contribution in [2.75, 3.05) is 26.7 Å². The maximum absolute atomic E-state index is 12.4. The molecule has 1 aliphatic heterocycles. The van der Waals surface area contributed by atoms with Crippen LogP contribution in [0.1, 0.15) is 60.9 Å². The summed E-state index contributed by atoms with van der Waals surface area (Å²) in [6.07, 6.45) is 5.45. The summed E-state index contributed by atoms with van der Waals surface area (Å²) in [5.74, 6) is 1.89. The largest absolute Gasteiger partial charge is 0.493 e. The molecule has 0 bridgehead atoms. The second-order valence-electron chi connectivity index (χ2n) is 8.87. The topological polar surface area (TPSA) is 50.8 Å². The molecular formula is C26H34N2O3. The molecule has 1 aliphatic carbocycles. The molecule has 31 heavy (non-hydrogen) atoms. The molecule has 1 amide bonds. The first kappa shape index (κ1) is 21.7. The van der Waals surface area contributed by atoms with Crippen LogP contribution in [0, 0.1) is 0 Å². The molecule has 2 aliphatic rings. The molecule has 5 heteroatoms. The SMILES string of the molecule is COc1ccc(C(=O)NC2CC2)cc1OC1CCN(CCC(C)c2ccccc2)CC1. The Morgan fingerprint density at radius 1 is 1.06 bits per heavy atom. The molecule has 4 rings (SSSR count). The quantitative estimate of drug-likeness (QED) is 0.640. The third-order valence-electron chi connectivity index (χ3n) is 6.41. The molecule has 1 heterocycles. The minimum absolute atomic E-state index is 0.0302. The van der Waals surface area contributed by atoms with Crippen LogP contribution in [0.3, 0.4) is 0 Å². The summed E-state index contributed by atoms with van der Waals surface area (Å²) in [7, 11) is 1.64. The number of rotatable bonds is 9. The molecule has 2 fully saturated rings. The lowest BCUT2D eigenvalue weighted by atomic mass is 9.97. The van der Waals surface area contributed by atoms with E-state index in [2.05, 4.69) is 47.5 Å². The highest BCUT2D eigenvalue weighted by atomic mass is 16.5. The highest BCUT2D eigenvalue weighted by Crippen LogP contribution is 2.31. The number of benzene rings is 2. The average molecular weight is 423 g/mol. The zero-order chi connectivity index (χ0) is 21.6. The first-order valence-corrected chi connectivity index (χ1v) is 11.5. The van der Waals surface area contributed by atoms with Gasteiger partial charge in [-0.05, 0) is 68.3 Å². The van der Waals surface area contributed by atoms with Crippen molar-refractivity contribution in [3.63, 3.8) is 0 Å². The second kappa shape index (κ2) is 10.2. The van der Waals surface area contributed by atoms with Gasteiger partial charge in [0.15, 0.2) is 11.5 Å². The summed E-state index contributed by atoms with van der Waals surface area (Å²) < 4.78 is 11.8. The van der Waals surface area contributed by atoms with E-state index in [0.717, 1.165) is 45.3 Å². The van der Waals surface area contributed by atoms with Crippen molar-refractivity contribution in [1.82, 2.24) is 10.2 Å². The minimum Gasteiger partial charge on any atom is -0.493 e. The lowest BCUT2D eigenvalue weighted by Crippen LogP contribution is -2.39. The summed E-state index contributed by atoms with van der Waals surface area (Å²) in [4.78, 5) is 14.9. The van der Waals surface area contributed by atoms with Gasteiger partial charge in [-0.2, -0.15) is 0 Å². The number of carbonyl (C=O) groups is 1. The summed E-state index contributed by atoms with van der Waals surface area (Å²) >= 11 is 0. The third kappa shape index (κ3) is 6.01. The van der Waals surface area contributed by atoms with Gasteiger partial charge >= 0.3 is 0 Å². The third-order valence-corrected chi connectivity index (χ3v) is 6.41. The Morgan fingerprint density at radius 3 is 2.48 bits per heavy atom. The Kier molecular flexibility index (Phi) is 7.13. The molecule has 2 aromatic carbocycles. The van der Waals surface area contributed by atoms with Gasteiger partial charge in [0.05, 0.1) is 7.11 Å². The Bertz CT molecular complexity index is 858. The van der Waals surface area contributed by atoms with E-state index in [0.29, 0.717) is 29.0 Å². The highest BCUT2D eigenvalue weighted by molar-refractivity contribution is 5.95. The van der Waals surface area contributed by atoms with Crippen molar-refractivity contribution >= 4 is 5.91 Å². The van der Waals surface area contributed by atoms with E-state index in [4.69, 9.17) is 9.47 Å². The molecule has 1 N–H and O–H groups in total. The van der Waals surface area contributed by atoms with Crippen molar-refractivity contribution in [3.05, 3.63) is 59.7 Å². The van der Waals surface area contributed by atoms with Gasteiger partial charge in [0, 0.05) is 24.7 Å². The lowest BCUT2D eigenvalue weighted by Gasteiger charge is -2.33. The van der Waals surface area contributed by atoms with Crippen LogP contribution in [0.25, 0.3) is 0 Å². The highest BCUT2D eigenvalue weighted by Gasteiger charge is 2.25. The fourth-order valence-electron chi connectivity index (χ4n) is 4.16. The number of nitrogens with zero attached hydrogens (tertiary/aromatic N) is 1. The molecule has 0 radical (unpaired) electrons. The van der Waals surface area contributed by atoms with E-state index in [-0.39, 0.29) is 12.0 Å². The van der Waals surface area contributed by atoms with Crippen LogP contribution in [0.15, 0.2) is 48.5 Å². The van der Waals surface area contributed by atoms with E-state index >= 15 is 0 Å². The van der Waals surface area contributed by atoms with Gasteiger partial charge in [-0.25, -0.2) is 0 Å². The van der Waals surface area contributed by atoms with Crippen LogP contribution in [0.2, 0.25) is 0 Å². The lowest BCUT2D eigenvalue weighted by molar-refractivity contribution is 0.0932.